The number of nitrogens with one attached hydrogen (secondary N) is 1. The van der Waals surface area contributed by atoms with Crippen molar-refractivity contribution in [1.29, 1.82) is 0 Å². The summed E-state index contributed by atoms with van der Waals surface area (Å²) >= 11 is 0. The molecule has 1 heterocycles. The molecule has 2 aromatic rings. The third-order valence-corrected chi connectivity index (χ3v) is 3.78. The van der Waals surface area contributed by atoms with Crippen LogP contribution in [0.2, 0.25) is 0 Å². The lowest BCUT2D eigenvalue weighted by Crippen LogP contribution is -2.15. The van der Waals surface area contributed by atoms with Gasteiger partial charge >= 0.3 is 5.97 Å². The number of para-hydroxylation sites is 1. The highest BCUT2D eigenvalue weighted by atomic mass is 16.5. The molecular weight excluding hydrogens is 242 g/mol. The van der Waals surface area contributed by atoms with E-state index in [4.69, 9.17) is 4.74 Å². The first kappa shape index (κ1) is 12.0. The molecule has 19 heavy (non-hydrogen) atoms. The van der Waals surface area contributed by atoms with E-state index in [2.05, 4.69) is 11.9 Å². The molecular formula is C15H15NO3. The minimum Gasteiger partial charge on any atom is -0.465 e. The van der Waals surface area contributed by atoms with Gasteiger partial charge in [-0.15, -0.1) is 0 Å². The highest BCUT2D eigenvalue weighted by molar-refractivity contribution is 6.03. The number of aromatic nitrogens is 1. The van der Waals surface area contributed by atoms with Gasteiger partial charge in [-0.2, -0.15) is 0 Å². The van der Waals surface area contributed by atoms with Crippen LogP contribution in [0.4, 0.5) is 0 Å². The molecule has 0 radical (unpaired) electrons. The zero-order valence-corrected chi connectivity index (χ0v) is 10.9. The summed E-state index contributed by atoms with van der Waals surface area (Å²) in [5, 5.41) is 0.960. The van der Waals surface area contributed by atoms with Gasteiger partial charge in [-0.3, -0.25) is 4.79 Å². The van der Waals surface area contributed by atoms with Gasteiger partial charge in [0.25, 0.3) is 5.56 Å². The fraction of sp³-hybridized carbons (Fsp3) is 0.333. The average molecular weight is 257 g/mol. The summed E-state index contributed by atoms with van der Waals surface area (Å²) in [6.07, 6.45) is 1.70. The Morgan fingerprint density at radius 2 is 2.05 bits per heavy atom. The number of hydrogen-bond donors (Lipinski definition) is 1. The lowest BCUT2D eigenvalue weighted by Gasteiger charge is -2.08. The molecule has 0 fully saturated rings. The number of carbonyl (C=O) groups is 1. The molecule has 0 spiro atoms. The van der Waals surface area contributed by atoms with E-state index < -0.39 is 5.97 Å². The van der Waals surface area contributed by atoms with Gasteiger partial charge in [-0.25, -0.2) is 4.79 Å². The number of rotatable bonds is 1. The number of fused-ring (bicyclic) bond motifs is 3. The second kappa shape index (κ2) is 4.23. The highest BCUT2D eigenvalue weighted by Gasteiger charge is 2.24. The molecule has 1 N–H and O–H groups in total. The van der Waals surface area contributed by atoms with Crippen LogP contribution in [-0.2, 0) is 17.6 Å². The summed E-state index contributed by atoms with van der Waals surface area (Å²) in [7, 11) is 1.34. The molecule has 1 aliphatic rings. The SMILES string of the molecule is COC(=O)c1cccc2c3c(c(=O)[nH]c12)CC(C)C3. The number of carbonyl (C=O) groups excluding carboxylic acids is 1. The summed E-state index contributed by atoms with van der Waals surface area (Å²) in [6, 6.07) is 5.46. The zero-order chi connectivity index (χ0) is 13.6. The van der Waals surface area contributed by atoms with E-state index in [9.17, 15) is 9.59 Å². The number of hydrogen-bond acceptors (Lipinski definition) is 3. The maximum atomic E-state index is 12.1. The van der Waals surface area contributed by atoms with Crippen LogP contribution in [0.3, 0.4) is 0 Å². The lowest BCUT2D eigenvalue weighted by molar-refractivity contribution is 0.0603. The van der Waals surface area contributed by atoms with Gasteiger partial charge < -0.3 is 9.72 Å². The number of ether oxygens (including phenoxy) is 1. The topological polar surface area (TPSA) is 59.2 Å². The van der Waals surface area contributed by atoms with Crippen molar-refractivity contribution in [1.82, 2.24) is 4.98 Å². The van der Waals surface area contributed by atoms with Crippen molar-refractivity contribution >= 4 is 16.9 Å². The van der Waals surface area contributed by atoms with Gasteiger partial charge in [0.2, 0.25) is 0 Å². The van der Waals surface area contributed by atoms with E-state index >= 15 is 0 Å². The van der Waals surface area contributed by atoms with E-state index in [1.165, 1.54) is 7.11 Å². The van der Waals surface area contributed by atoms with Gasteiger partial charge in [-0.05, 0) is 30.4 Å². The minimum absolute atomic E-state index is 0.0804. The van der Waals surface area contributed by atoms with Crippen LogP contribution in [0.25, 0.3) is 10.9 Å². The summed E-state index contributed by atoms with van der Waals surface area (Å²) in [4.78, 5) is 26.7. The summed E-state index contributed by atoms with van der Waals surface area (Å²) in [5.41, 5.74) is 2.87. The molecule has 1 aliphatic carbocycles. The fourth-order valence-electron chi connectivity index (χ4n) is 2.93. The molecule has 1 aromatic heterocycles. The Morgan fingerprint density at radius 1 is 1.32 bits per heavy atom. The maximum absolute atomic E-state index is 12.1. The normalized spacial score (nSPS) is 17.5. The Kier molecular flexibility index (Phi) is 2.66. The fourth-order valence-corrected chi connectivity index (χ4v) is 2.93. The van der Waals surface area contributed by atoms with Crippen LogP contribution in [0.5, 0.6) is 0 Å². The van der Waals surface area contributed by atoms with Gasteiger partial charge in [0.15, 0.2) is 0 Å². The van der Waals surface area contributed by atoms with Crippen molar-refractivity contribution in [2.75, 3.05) is 7.11 Å². The first-order chi connectivity index (χ1) is 9.11. The van der Waals surface area contributed by atoms with E-state index in [1.54, 1.807) is 6.07 Å². The van der Waals surface area contributed by atoms with Crippen LogP contribution >= 0.6 is 0 Å². The number of benzene rings is 1. The molecule has 4 heteroatoms. The molecule has 0 aliphatic heterocycles. The van der Waals surface area contributed by atoms with Crippen molar-refractivity contribution in [2.45, 2.75) is 19.8 Å². The monoisotopic (exact) mass is 257 g/mol. The molecule has 4 nitrogen and oxygen atoms in total. The number of esters is 1. The number of aromatic amines is 1. The molecule has 0 amide bonds. The highest BCUT2D eigenvalue weighted by Crippen LogP contribution is 2.30. The summed E-state index contributed by atoms with van der Waals surface area (Å²) in [5.74, 6) is 0.0516. The molecule has 3 rings (SSSR count). The van der Waals surface area contributed by atoms with Gasteiger partial charge in [-0.1, -0.05) is 19.1 Å². The standard InChI is InChI=1S/C15H15NO3/c1-8-6-11-9-4-3-5-10(15(18)19-2)13(9)16-14(17)12(11)7-8/h3-5,8H,6-7H2,1-2H3,(H,16,17). The Hall–Kier alpha value is -2.10. The molecule has 98 valence electrons. The number of pyridine rings is 1. The first-order valence-corrected chi connectivity index (χ1v) is 6.37. The van der Waals surface area contributed by atoms with Gasteiger partial charge in [0.1, 0.15) is 0 Å². The third-order valence-electron chi connectivity index (χ3n) is 3.78. The average Bonchev–Trinajstić information content (AvgIpc) is 2.80. The second-order valence-electron chi connectivity index (χ2n) is 5.14. The maximum Gasteiger partial charge on any atom is 0.339 e. The molecule has 1 atom stereocenters. The van der Waals surface area contributed by atoms with Crippen LogP contribution < -0.4 is 5.56 Å². The minimum atomic E-state index is -0.424. The third kappa shape index (κ3) is 1.75. The molecule has 0 saturated heterocycles. The second-order valence-corrected chi connectivity index (χ2v) is 5.14. The van der Waals surface area contributed by atoms with Gasteiger partial charge in [0.05, 0.1) is 18.2 Å². The van der Waals surface area contributed by atoms with Gasteiger partial charge in [0, 0.05) is 10.9 Å². The van der Waals surface area contributed by atoms with E-state index in [1.807, 2.05) is 12.1 Å². The van der Waals surface area contributed by atoms with Crippen LogP contribution in [-0.4, -0.2) is 18.1 Å². The van der Waals surface area contributed by atoms with Crippen LogP contribution in [0.1, 0.15) is 28.4 Å². The van der Waals surface area contributed by atoms with Crippen molar-refractivity contribution in [3.8, 4) is 0 Å². The summed E-state index contributed by atoms with van der Waals surface area (Å²) in [6.45, 7) is 2.13. The van der Waals surface area contributed by atoms with Crippen LogP contribution in [0.15, 0.2) is 23.0 Å². The number of methoxy groups -OCH3 is 1. The predicted octanol–water partition coefficient (Wildman–Crippen LogP) is 2.05. The Morgan fingerprint density at radius 3 is 2.79 bits per heavy atom. The van der Waals surface area contributed by atoms with Crippen molar-refractivity contribution in [3.63, 3.8) is 0 Å². The zero-order valence-electron chi connectivity index (χ0n) is 10.9. The molecule has 0 saturated carbocycles. The quantitative estimate of drug-likeness (QED) is 0.795. The smallest absolute Gasteiger partial charge is 0.339 e. The van der Waals surface area contributed by atoms with Crippen molar-refractivity contribution in [2.24, 2.45) is 5.92 Å². The Balaban J connectivity index is 2.36. The Bertz CT molecular complexity index is 730. The molecule has 0 bridgehead atoms. The van der Waals surface area contributed by atoms with E-state index in [0.717, 1.165) is 29.4 Å². The largest absolute Gasteiger partial charge is 0.465 e. The predicted molar refractivity (Wildman–Crippen MR) is 72.5 cm³/mol. The number of H-pyrrole nitrogens is 1. The summed E-state index contributed by atoms with van der Waals surface area (Å²) < 4.78 is 4.76. The first-order valence-electron chi connectivity index (χ1n) is 6.37. The Labute approximate surface area is 110 Å². The van der Waals surface area contributed by atoms with E-state index in [-0.39, 0.29) is 5.56 Å². The van der Waals surface area contributed by atoms with E-state index in [0.29, 0.717) is 17.0 Å². The van der Waals surface area contributed by atoms with Crippen molar-refractivity contribution < 1.29 is 9.53 Å². The molecule has 1 unspecified atom stereocenters. The lowest BCUT2D eigenvalue weighted by atomic mass is 10.0. The van der Waals surface area contributed by atoms with Crippen LogP contribution in [0, 0.1) is 5.92 Å². The van der Waals surface area contributed by atoms with Crippen molar-refractivity contribution in [3.05, 3.63) is 45.2 Å². The molecule has 1 aromatic carbocycles.